The quantitative estimate of drug-likeness (QED) is 0.475. The van der Waals surface area contributed by atoms with Gasteiger partial charge in [0.05, 0.1) is 14.2 Å². The van der Waals surface area contributed by atoms with E-state index in [1.807, 2.05) is 24.3 Å². The summed E-state index contributed by atoms with van der Waals surface area (Å²) in [6.45, 7) is 1.37. The lowest BCUT2D eigenvalue weighted by atomic mass is 9.82. The monoisotopic (exact) mass is 332 g/mol. The molecule has 0 saturated heterocycles. The molecular formula is C18H20O6. The summed E-state index contributed by atoms with van der Waals surface area (Å²) in [5.74, 6) is -3.20. The normalized spacial score (nSPS) is 26.8. The van der Waals surface area contributed by atoms with E-state index in [4.69, 9.17) is 14.2 Å². The molecule has 1 fully saturated rings. The van der Waals surface area contributed by atoms with Crippen molar-refractivity contribution in [1.82, 2.24) is 0 Å². The summed E-state index contributed by atoms with van der Waals surface area (Å²) in [6, 6.07) is 7.81. The topological polar surface area (TPSA) is 78.9 Å². The molecule has 4 atom stereocenters. The predicted octanol–water partition coefficient (Wildman–Crippen LogP) is 1.78. The van der Waals surface area contributed by atoms with Gasteiger partial charge >= 0.3 is 17.9 Å². The highest BCUT2D eigenvalue weighted by Gasteiger charge is 2.59. The largest absolute Gasteiger partial charge is 0.468 e. The first-order valence-electron chi connectivity index (χ1n) is 7.91. The van der Waals surface area contributed by atoms with Crippen molar-refractivity contribution in [2.24, 2.45) is 11.8 Å². The first kappa shape index (κ1) is 16.5. The van der Waals surface area contributed by atoms with E-state index in [1.165, 1.54) is 21.1 Å². The fourth-order valence-corrected chi connectivity index (χ4v) is 4.38. The van der Waals surface area contributed by atoms with Gasteiger partial charge in [-0.3, -0.25) is 14.4 Å². The summed E-state index contributed by atoms with van der Waals surface area (Å²) in [4.78, 5) is 36.0. The molecular weight excluding hydrogens is 312 g/mol. The zero-order chi connectivity index (χ0) is 17.4. The lowest BCUT2D eigenvalue weighted by molar-refractivity contribution is -0.162. The Labute approximate surface area is 140 Å². The van der Waals surface area contributed by atoms with Gasteiger partial charge < -0.3 is 14.2 Å². The van der Waals surface area contributed by atoms with Gasteiger partial charge in [-0.1, -0.05) is 24.3 Å². The van der Waals surface area contributed by atoms with E-state index in [9.17, 15) is 14.4 Å². The van der Waals surface area contributed by atoms with Gasteiger partial charge in [-0.05, 0) is 23.5 Å². The van der Waals surface area contributed by atoms with Gasteiger partial charge in [0.1, 0.15) is 6.10 Å². The number of esters is 3. The highest BCUT2D eigenvalue weighted by Crippen LogP contribution is 2.60. The molecule has 0 heterocycles. The van der Waals surface area contributed by atoms with Crippen LogP contribution in [0.15, 0.2) is 24.3 Å². The second kappa shape index (κ2) is 6.26. The van der Waals surface area contributed by atoms with E-state index in [2.05, 4.69) is 0 Å². The molecule has 0 N–H and O–H groups in total. The van der Waals surface area contributed by atoms with Crippen LogP contribution in [-0.2, 0) is 28.6 Å². The Hall–Kier alpha value is -2.37. The number of hydrogen-bond donors (Lipinski definition) is 0. The molecule has 0 spiro atoms. The molecule has 0 amide bonds. The van der Waals surface area contributed by atoms with Crippen LogP contribution in [0.5, 0.6) is 0 Å². The Morgan fingerprint density at radius 1 is 1.04 bits per heavy atom. The van der Waals surface area contributed by atoms with Crippen LogP contribution in [-0.4, -0.2) is 38.2 Å². The molecule has 0 unspecified atom stereocenters. The third kappa shape index (κ3) is 2.46. The summed E-state index contributed by atoms with van der Waals surface area (Å²) in [6.07, 6.45) is 0.250. The SMILES string of the molecule is COC(=O)C(C(=O)OC)[C@@H]1[C@H]2c3ccccc3[C@@H]1C[C@H]2OC(C)=O. The van der Waals surface area contributed by atoms with Gasteiger partial charge in [0, 0.05) is 18.8 Å². The molecule has 3 rings (SSSR count). The highest BCUT2D eigenvalue weighted by molar-refractivity contribution is 5.95. The van der Waals surface area contributed by atoms with Crippen LogP contribution >= 0.6 is 0 Å². The van der Waals surface area contributed by atoms with E-state index < -0.39 is 17.9 Å². The van der Waals surface area contributed by atoms with Gasteiger partial charge in [-0.25, -0.2) is 0 Å². The van der Waals surface area contributed by atoms with E-state index >= 15 is 0 Å². The molecule has 1 aromatic rings. The summed E-state index contributed by atoms with van der Waals surface area (Å²) < 4.78 is 15.1. The third-order valence-electron chi connectivity index (χ3n) is 5.13. The van der Waals surface area contributed by atoms with Crippen LogP contribution in [0, 0.1) is 11.8 Å². The smallest absolute Gasteiger partial charge is 0.320 e. The molecule has 2 aliphatic carbocycles. The van der Waals surface area contributed by atoms with Gasteiger partial charge in [-0.2, -0.15) is 0 Å². The van der Waals surface area contributed by atoms with Gasteiger partial charge in [-0.15, -0.1) is 0 Å². The summed E-state index contributed by atoms with van der Waals surface area (Å²) in [5, 5.41) is 0. The van der Waals surface area contributed by atoms with Crippen molar-refractivity contribution in [2.75, 3.05) is 14.2 Å². The van der Waals surface area contributed by atoms with Crippen LogP contribution < -0.4 is 0 Å². The molecule has 2 bridgehead atoms. The Kier molecular flexibility index (Phi) is 4.30. The van der Waals surface area contributed by atoms with Crippen molar-refractivity contribution in [3.63, 3.8) is 0 Å². The Balaban J connectivity index is 2.03. The first-order valence-corrected chi connectivity index (χ1v) is 7.91. The maximum atomic E-state index is 12.3. The molecule has 24 heavy (non-hydrogen) atoms. The minimum Gasteiger partial charge on any atom is -0.468 e. The molecule has 0 aliphatic heterocycles. The van der Waals surface area contributed by atoms with E-state index in [1.54, 1.807) is 0 Å². The number of carbonyl (C=O) groups excluding carboxylic acids is 3. The van der Waals surface area contributed by atoms with Crippen LogP contribution in [0.2, 0.25) is 0 Å². The van der Waals surface area contributed by atoms with E-state index in [0.717, 1.165) is 11.1 Å². The van der Waals surface area contributed by atoms with Gasteiger partial charge in [0.15, 0.2) is 5.92 Å². The van der Waals surface area contributed by atoms with Crippen molar-refractivity contribution >= 4 is 17.9 Å². The van der Waals surface area contributed by atoms with Crippen LogP contribution in [0.25, 0.3) is 0 Å². The lowest BCUT2D eigenvalue weighted by Crippen LogP contribution is -2.36. The lowest BCUT2D eigenvalue weighted by Gasteiger charge is -2.26. The summed E-state index contributed by atoms with van der Waals surface area (Å²) in [7, 11) is 2.51. The minimum absolute atomic E-state index is 0.0428. The second-order valence-corrected chi connectivity index (χ2v) is 6.25. The molecule has 128 valence electrons. The number of rotatable bonds is 4. The number of carbonyl (C=O) groups is 3. The number of fused-ring (bicyclic) bond motifs is 5. The summed E-state index contributed by atoms with van der Waals surface area (Å²) >= 11 is 0. The average molecular weight is 332 g/mol. The summed E-state index contributed by atoms with van der Waals surface area (Å²) in [5.41, 5.74) is 2.14. The van der Waals surface area contributed by atoms with Crippen LogP contribution in [0.4, 0.5) is 0 Å². The fourth-order valence-electron chi connectivity index (χ4n) is 4.38. The van der Waals surface area contributed by atoms with Crippen molar-refractivity contribution in [1.29, 1.82) is 0 Å². The predicted molar refractivity (Wildman–Crippen MR) is 83.1 cm³/mol. The Morgan fingerprint density at radius 2 is 1.62 bits per heavy atom. The van der Waals surface area contributed by atoms with Crippen LogP contribution in [0.1, 0.15) is 36.3 Å². The highest BCUT2D eigenvalue weighted by atomic mass is 16.5. The van der Waals surface area contributed by atoms with Crippen molar-refractivity contribution < 1.29 is 28.6 Å². The number of ether oxygens (including phenoxy) is 3. The standard InChI is InChI=1S/C18H20O6/c1-9(19)24-13-8-12-10-6-4-5-7-11(10)14(13)15(12)16(17(20)22-2)18(21)23-3/h4-7,12-16H,8H2,1-3H3/t12-,13+,14-,15-/m0/s1. The van der Waals surface area contributed by atoms with Crippen LogP contribution in [0.3, 0.4) is 0 Å². The Bertz CT molecular complexity index is 666. The molecule has 2 aliphatic rings. The third-order valence-corrected chi connectivity index (χ3v) is 5.13. The zero-order valence-corrected chi connectivity index (χ0v) is 13.9. The maximum Gasteiger partial charge on any atom is 0.320 e. The molecule has 6 heteroatoms. The second-order valence-electron chi connectivity index (χ2n) is 6.25. The minimum atomic E-state index is -1.03. The molecule has 0 aromatic heterocycles. The van der Waals surface area contributed by atoms with Crippen molar-refractivity contribution in [3.05, 3.63) is 35.4 Å². The Morgan fingerprint density at radius 3 is 2.17 bits per heavy atom. The molecule has 6 nitrogen and oxygen atoms in total. The fraction of sp³-hybridized carbons (Fsp3) is 0.500. The molecule has 1 aromatic carbocycles. The van der Waals surface area contributed by atoms with E-state index in [0.29, 0.717) is 6.42 Å². The molecule has 1 saturated carbocycles. The first-order chi connectivity index (χ1) is 11.5. The average Bonchev–Trinajstić information content (AvgIpc) is 3.07. The van der Waals surface area contributed by atoms with Gasteiger partial charge in [0.25, 0.3) is 0 Å². The molecule has 0 radical (unpaired) electrons. The number of benzene rings is 1. The zero-order valence-electron chi connectivity index (χ0n) is 13.9. The van der Waals surface area contributed by atoms with Crippen molar-refractivity contribution in [3.8, 4) is 0 Å². The number of methoxy groups -OCH3 is 2. The number of hydrogen-bond acceptors (Lipinski definition) is 6. The van der Waals surface area contributed by atoms with Crippen molar-refractivity contribution in [2.45, 2.75) is 31.3 Å². The van der Waals surface area contributed by atoms with E-state index in [-0.39, 0.29) is 29.8 Å². The van der Waals surface area contributed by atoms with Gasteiger partial charge in [0.2, 0.25) is 0 Å². The maximum absolute atomic E-state index is 12.3.